The second kappa shape index (κ2) is 18.3. The van der Waals surface area contributed by atoms with E-state index >= 15 is 0 Å². The number of aryl methyl sites for hydroxylation is 1. The Morgan fingerprint density at radius 1 is 0.771 bits per heavy atom. The summed E-state index contributed by atoms with van der Waals surface area (Å²) in [5.74, 6) is 1.72. The molecule has 2 unspecified atom stereocenters. The van der Waals surface area contributed by atoms with Gasteiger partial charge in [0.15, 0.2) is 11.6 Å². The van der Waals surface area contributed by atoms with E-state index in [2.05, 4.69) is 55.0 Å². The molecular weight excluding hydrogens is 435 g/mol. The van der Waals surface area contributed by atoms with Crippen LogP contribution in [0.4, 0.5) is 4.39 Å². The van der Waals surface area contributed by atoms with Gasteiger partial charge in [-0.2, -0.15) is 0 Å². The largest absolute Gasteiger partial charge is 0.490 e. The second-order valence-corrected chi connectivity index (χ2v) is 10.2. The molecule has 0 saturated carbocycles. The molecule has 2 aromatic rings. The molecule has 3 nitrogen and oxygen atoms in total. The molecule has 4 heteroatoms. The van der Waals surface area contributed by atoms with E-state index in [0.29, 0.717) is 36.9 Å². The van der Waals surface area contributed by atoms with E-state index in [-0.39, 0.29) is 0 Å². The lowest BCUT2D eigenvalue weighted by Crippen LogP contribution is -2.11. The van der Waals surface area contributed by atoms with Crippen molar-refractivity contribution >= 4 is 0 Å². The van der Waals surface area contributed by atoms with Gasteiger partial charge in [0.1, 0.15) is 6.17 Å². The van der Waals surface area contributed by atoms with Gasteiger partial charge < -0.3 is 4.74 Å². The summed E-state index contributed by atoms with van der Waals surface area (Å²) in [7, 11) is 0. The number of nitrogens with zero attached hydrogens (tertiary/aromatic N) is 2. The molecule has 0 aliphatic rings. The number of rotatable bonds is 20. The lowest BCUT2D eigenvalue weighted by molar-refractivity contribution is 0.205. The fourth-order valence-electron chi connectivity index (χ4n) is 4.65. The number of aromatic nitrogens is 2. The van der Waals surface area contributed by atoms with Crippen molar-refractivity contribution in [3.63, 3.8) is 0 Å². The van der Waals surface area contributed by atoms with E-state index in [4.69, 9.17) is 4.74 Å². The van der Waals surface area contributed by atoms with Crippen LogP contribution in [0.15, 0.2) is 36.7 Å². The van der Waals surface area contributed by atoms with Gasteiger partial charge in [0.2, 0.25) is 0 Å². The highest BCUT2D eigenvalue weighted by Crippen LogP contribution is 2.20. The highest BCUT2D eigenvalue weighted by molar-refractivity contribution is 5.55. The number of alkyl halides is 1. The number of hydrogen-bond donors (Lipinski definition) is 0. The van der Waals surface area contributed by atoms with Gasteiger partial charge in [-0.25, -0.2) is 14.4 Å². The summed E-state index contributed by atoms with van der Waals surface area (Å²) in [6.07, 6.45) is 20.6. The SMILES string of the molecule is CCCCCCCCCCCCc1ccc(-c2ncc(OCCC(F)CC(C)CCC)cn2)cc1. The zero-order valence-corrected chi connectivity index (χ0v) is 22.6. The molecular formula is C31H49FN2O. The molecule has 35 heavy (non-hydrogen) atoms. The van der Waals surface area contributed by atoms with Crippen molar-refractivity contribution < 1.29 is 9.13 Å². The van der Waals surface area contributed by atoms with Crippen LogP contribution in [0, 0.1) is 5.92 Å². The van der Waals surface area contributed by atoms with Gasteiger partial charge in [-0.3, -0.25) is 0 Å². The average Bonchev–Trinajstić information content (AvgIpc) is 2.86. The average molecular weight is 485 g/mol. The molecule has 1 aromatic carbocycles. The maximum absolute atomic E-state index is 14.1. The smallest absolute Gasteiger partial charge is 0.159 e. The monoisotopic (exact) mass is 484 g/mol. The molecule has 0 aliphatic carbocycles. The normalized spacial score (nSPS) is 13.0. The van der Waals surface area contributed by atoms with E-state index in [1.807, 2.05) is 0 Å². The Morgan fingerprint density at radius 2 is 1.37 bits per heavy atom. The maximum Gasteiger partial charge on any atom is 0.159 e. The van der Waals surface area contributed by atoms with Crippen LogP contribution < -0.4 is 4.74 Å². The van der Waals surface area contributed by atoms with Crippen LogP contribution in [0.25, 0.3) is 11.4 Å². The summed E-state index contributed by atoms with van der Waals surface area (Å²) in [5.41, 5.74) is 2.39. The van der Waals surface area contributed by atoms with E-state index < -0.39 is 6.17 Å². The van der Waals surface area contributed by atoms with Gasteiger partial charge in [-0.05, 0) is 30.7 Å². The molecule has 0 spiro atoms. The fourth-order valence-corrected chi connectivity index (χ4v) is 4.65. The summed E-state index contributed by atoms with van der Waals surface area (Å²) in [6, 6.07) is 8.59. The maximum atomic E-state index is 14.1. The molecule has 1 heterocycles. The van der Waals surface area contributed by atoms with E-state index in [0.717, 1.165) is 24.8 Å². The van der Waals surface area contributed by atoms with Crippen molar-refractivity contribution in [2.75, 3.05) is 6.61 Å². The van der Waals surface area contributed by atoms with Crippen molar-refractivity contribution in [2.45, 2.75) is 123 Å². The minimum Gasteiger partial charge on any atom is -0.490 e. The molecule has 0 amide bonds. The van der Waals surface area contributed by atoms with Gasteiger partial charge in [-0.1, -0.05) is 116 Å². The molecule has 2 rings (SSSR count). The zero-order chi connectivity index (χ0) is 25.1. The Balaban J connectivity index is 1.62. The minimum atomic E-state index is -0.810. The van der Waals surface area contributed by atoms with Gasteiger partial charge >= 0.3 is 0 Å². The molecule has 0 N–H and O–H groups in total. The molecule has 0 aliphatic heterocycles. The van der Waals surface area contributed by atoms with Crippen molar-refractivity contribution in [3.8, 4) is 17.1 Å². The highest BCUT2D eigenvalue weighted by Gasteiger charge is 2.12. The van der Waals surface area contributed by atoms with E-state index in [9.17, 15) is 4.39 Å². The van der Waals surface area contributed by atoms with Crippen LogP contribution >= 0.6 is 0 Å². The summed E-state index contributed by atoms with van der Waals surface area (Å²) in [4.78, 5) is 8.89. The van der Waals surface area contributed by atoms with Crippen molar-refractivity contribution in [1.29, 1.82) is 0 Å². The van der Waals surface area contributed by atoms with E-state index in [1.165, 1.54) is 69.8 Å². The third-order valence-electron chi connectivity index (χ3n) is 6.80. The van der Waals surface area contributed by atoms with Crippen LogP contribution in [0.2, 0.25) is 0 Å². The Kier molecular flexibility index (Phi) is 15.3. The molecule has 0 saturated heterocycles. The molecule has 196 valence electrons. The summed E-state index contributed by atoms with van der Waals surface area (Å²) < 4.78 is 19.7. The highest BCUT2D eigenvalue weighted by atomic mass is 19.1. The third-order valence-corrected chi connectivity index (χ3v) is 6.80. The number of ether oxygens (including phenoxy) is 1. The van der Waals surface area contributed by atoms with Gasteiger partial charge in [0.05, 0.1) is 19.0 Å². The van der Waals surface area contributed by atoms with Crippen LogP contribution in [-0.4, -0.2) is 22.7 Å². The van der Waals surface area contributed by atoms with Crippen LogP contribution in [0.3, 0.4) is 0 Å². The summed E-state index contributed by atoms with van der Waals surface area (Å²) in [6.45, 7) is 6.89. The van der Waals surface area contributed by atoms with Crippen LogP contribution in [0.5, 0.6) is 5.75 Å². The van der Waals surface area contributed by atoms with Crippen molar-refractivity contribution in [3.05, 3.63) is 42.2 Å². The van der Waals surface area contributed by atoms with E-state index in [1.54, 1.807) is 12.4 Å². The quantitative estimate of drug-likeness (QED) is 0.175. The fraction of sp³-hybridized carbons (Fsp3) is 0.677. The molecule has 0 fully saturated rings. The van der Waals surface area contributed by atoms with Crippen molar-refractivity contribution in [1.82, 2.24) is 9.97 Å². The Morgan fingerprint density at radius 3 is 1.97 bits per heavy atom. The number of hydrogen-bond acceptors (Lipinski definition) is 3. The second-order valence-electron chi connectivity index (χ2n) is 10.2. The standard InChI is InChI=1S/C31H49FN2O/c1-4-6-7-8-9-10-11-12-13-14-16-27-17-19-28(20-18-27)31-33-24-30(25-34-31)35-22-21-29(32)23-26(3)15-5-2/h17-20,24-26,29H,4-16,21-23H2,1-3H3. The zero-order valence-electron chi connectivity index (χ0n) is 22.6. The lowest BCUT2D eigenvalue weighted by Gasteiger charge is -2.14. The Hall–Kier alpha value is -1.97. The predicted octanol–water partition coefficient (Wildman–Crippen LogP) is 9.54. The number of benzene rings is 1. The molecule has 2 atom stereocenters. The first kappa shape index (κ1) is 29.3. The Bertz CT molecular complexity index is 763. The summed E-state index contributed by atoms with van der Waals surface area (Å²) in [5, 5.41) is 0. The van der Waals surface area contributed by atoms with Crippen LogP contribution in [-0.2, 0) is 6.42 Å². The lowest BCUT2D eigenvalue weighted by atomic mass is 9.98. The van der Waals surface area contributed by atoms with Gasteiger partial charge in [0, 0.05) is 12.0 Å². The first-order valence-corrected chi connectivity index (χ1v) is 14.3. The number of halogens is 1. The molecule has 1 aromatic heterocycles. The Labute approximate surface area is 214 Å². The topological polar surface area (TPSA) is 35.0 Å². The molecule has 0 radical (unpaired) electrons. The number of unbranched alkanes of at least 4 members (excludes halogenated alkanes) is 9. The van der Waals surface area contributed by atoms with Crippen LogP contribution in [0.1, 0.15) is 116 Å². The van der Waals surface area contributed by atoms with Gasteiger partial charge in [0.25, 0.3) is 0 Å². The molecule has 0 bridgehead atoms. The predicted molar refractivity (Wildman–Crippen MR) is 147 cm³/mol. The minimum absolute atomic E-state index is 0.358. The first-order valence-electron chi connectivity index (χ1n) is 14.3. The first-order chi connectivity index (χ1) is 17.1. The van der Waals surface area contributed by atoms with Gasteiger partial charge in [-0.15, -0.1) is 0 Å². The summed E-state index contributed by atoms with van der Waals surface area (Å²) >= 11 is 0. The third kappa shape index (κ3) is 13.1. The van der Waals surface area contributed by atoms with Crippen molar-refractivity contribution in [2.24, 2.45) is 5.92 Å².